The van der Waals surface area contributed by atoms with Gasteiger partial charge in [-0.15, -0.1) is 0 Å². The molecule has 0 unspecified atom stereocenters. The van der Waals surface area contributed by atoms with E-state index in [1.165, 1.54) is 16.4 Å². The van der Waals surface area contributed by atoms with Crippen molar-refractivity contribution in [3.63, 3.8) is 0 Å². The van der Waals surface area contributed by atoms with E-state index in [1.807, 2.05) is 0 Å². The Kier molecular flexibility index (Phi) is 4.92. The van der Waals surface area contributed by atoms with E-state index in [9.17, 15) is 8.42 Å². The van der Waals surface area contributed by atoms with Crippen LogP contribution in [0.4, 0.5) is 0 Å². The van der Waals surface area contributed by atoms with Gasteiger partial charge < -0.3 is 0 Å². The number of halogens is 3. The van der Waals surface area contributed by atoms with Crippen LogP contribution in [-0.2, 0) is 10.0 Å². The number of hydrogen-bond acceptors (Lipinski definition) is 2. The third-order valence-electron chi connectivity index (χ3n) is 3.43. The molecule has 20 heavy (non-hydrogen) atoms. The molecule has 0 radical (unpaired) electrons. The number of rotatable bonds is 2. The van der Waals surface area contributed by atoms with Crippen LogP contribution < -0.4 is 0 Å². The normalized spacial score (nSPS) is 24.9. The standard InChI is InChI=1S/C13H16Cl3NO2S/c1-8-3-9(2)7-17(6-8)20(18,19)13-5-11(15)10(14)4-12(13)16/h4-5,8-9H,3,6-7H2,1-2H3/t8-,9-/m1/s1. The van der Waals surface area contributed by atoms with Gasteiger partial charge in [0.05, 0.1) is 15.1 Å². The lowest BCUT2D eigenvalue weighted by Gasteiger charge is -2.34. The predicted molar refractivity (Wildman–Crippen MR) is 83.2 cm³/mol. The van der Waals surface area contributed by atoms with Crippen molar-refractivity contribution >= 4 is 44.8 Å². The SMILES string of the molecule is C[C@@H]1C[C@@H](C)CN(S(=O)(=O)c2cc(Cl)c(Cl)cc2Cl)C1. The molecule has 0 aliphatic carbocycles. The van der Waals surface area contributed by atoms with Gasteiger partial charge in [0.25, 0.3) is 0 Å². The van der Waals surface area contributed by atoms with Crippen LogP contribution in [0, 0.1) is 11.8 Å². The second-order valence-corrected chi connectivity index (χ2v) is 8.59. The summed E-state index contributed by atoms with van der Waals surface area (Å²) in [6.45, 7) is 5.11. The predicted octanol–water partition coefficient (Wildman–Crippen LogP) is 4.31. The average molecular weight is 357 g/mol. The summed E-state index contributed by atoms with van der Waals surface area (Å²) in [5.74, 6) is 0.658. The van der Waals surface area contributed by atoms with Crippen LogP contribution in [0.3, 0.4) is 0 Å². The lowest BCUT2D eigenvalue weighted by atomic mass is 9.94. The molecule has 1 aliphatic rings. The molecule has 1 aliphatic heterocycles. The fraction of sp³-hybridized carbons (Fsp3) is 0.538. The van der Waals surface area contributed by atoms with E-state index in [1.54, 1.807) is 0 Å². The first kappa shape index (κ1) is 16.4. The van der Waals surface area contributed by atoms with Gasteiger partial charge in [0.15, 0.2) is 0 Å². The van der Waals surface area contributed by atoms with Gasteiger partial charge in [0.1, 0.15) is 4.90 Å². The third kappa shape index (κ3) is 3.25. The first-order chi connectivity index (χ1) is 9.21. The Morgan fingerprint density at radius 2 is 1.50 bits per heavy atom. The van der Waals surface area contributed by atoms with E-state index in [0.29, 0.717) is 24.9 Å². The zero-order chi connectivity index (χ0) is 15.1. The smallest absolute Gasteiger partial charge is 0.207 e. The van der Waals surface area contributed by atoms with E-state index in [2.05, 4.69) is 13.8 Å². The highest BCUT2D eigenvalue weighted by Crippen LogP contribution is 2.35. The van der Waals surface area contributed by atoms with Crippen LogP contribution in [0.2, 0.25) is 15.1 Å². The molecule has 1 aromatic rings. The summed E-state index contributed by atoms with van der Waals surface area (Å²) in [5.41, 5.74) is 0. The summed E-state index contributed by atoms with van der Waals surface area (Å²) >= 11 is 17.8. The second-order valence-electron chi connectivity index (χ2n) is 5.46. The van der Waals surface area contributed by atoms with Crippen LogP contribution in [0.25, 0.3) is 0 Å². The van der Waals surface area contributed by atoms with Crippen LogP contribution >= 0.6 is 34.8 Å². The lowest BCUT2D eigenvalue weighted by Crippen LogP contribution is -2.42. The quantitative estimate of drug-likeness (QED) is 0.740. The largest absolute Gasteiger partial charge is 0.244 e. The minimum absolute atomic E-state index is 0.0230. The Hall–Kier alpha value is -0.000000000000000111. The Morgan fingerprint density at radius 3 is 2.05 bits per heavy atom. The highest BCUT2D eigenvalue weighted by molar-refractivity contribution is 7.89. The highest BCUT2D eigenvalue weighted by Gasteiger charge is 2.33. The second kappa shape index (κ2) is 6.01. The number of piperidine rings is 1. The molecular weight excluding hydrogens is 341 g/mol. The minimum Gasteiger partial charge on any atom is -0.207 e. The maximum Gasteiger partial charge on any atom is 0.244 e. The zero-order valence-corrected chi connectivity index (χ0v) is 14.3. The molecule has 112 valence electrons. The van der Waals surface area contributed by atoms with Crippen molar-refractivity contribution < 1.29 is 8.42 Å². The maximum atomic E-state index is 12.7. The van der Waals surface area contributed by atoms with Crippen LogP contribution in [0.5, 0.6) is 0 Å². The molecule has 1 saturated heterocycles. The molecule has 0 aromatic heterocycles. The summed E-state index contributed by atoms with van der Waals surface area (Å²) in [7, 11) is -3.64. The Bertz CT molecular complexity index is 608. The molecule has 3 nitrogen and oxygen atoms in total. The van der Waals surface area contributed by atoms with Crippen molar-refractivity contribution in [3.05, 3.63) is 27.2 Å². The summed E-state index contributed by atoms with van der Waals surface area (Å²) in [6, 6.07) is 2.70. The topological polar surface area (TPSA) is 37.4 Å². The van der Waals surface area contributed by atoms with Crippen molar-refractivity contribution in [1.82, 2.24) is 4.31 Å². The number of nitrogens with zero attached hydrogens (tertiary/aromatic N) is 1. The Balaban J connectivity index is 2.42. The van der Waals surface area contributed by atoms with Gasteiger partial charge in [-0.05, 0) is 30.4 Å². The fourth-order valence-corrected chi connectivity index (χ4v) is 5.30. The third-order valence-corrected chi connectivity index (χ3v) is 6.45. The van der Waals surface area contributed by atoms with Crippen LogP contribution in [-0.4, -0.2) is 25.8 Å². The van der Waals surface area contributed by atoms with E-state index >= 15 is 0 Å². The van der Waals surface area contributed by atoms with Crippen molar-refractivity contribution in [3.8, 4) is 0 Å². The number of sulfonamides is 1. The van der Waals surface area contributed by atoms with E-state index < -0.39 is 10.0 Å². The van der Waals surface area contributed by atoms with E-state index in [4.69, 9.17) is 34.8 Å². The van der Waals surface area contributed by atoms with Crippen molar-refractivity contribution in [2.24, 2.45) is 11.8 Å². The monoisotopic (exact) mass is 355 g/mol. The molecule has 0 amide bonds. The molecule has 7 heteroatoms. The van der Waals surface area contributed by atoms with Crippen molar-refractivity contribution in [2.45, 2.75) is 25.2 Å². The zero-order valence-electron chi connectivity index (χ0n) is 11.2. The van der Waals surface area contributed by atoms with Crippen LogP contribution in [0.1, 0.15) is 20.3 Å². The Morgan fingerprint density at radius 1 is 1.00 bits per heavy atom. The van der Waals surface area contributed by atoms with Crippen LogP contribution in [0.15, 0.2) is 17.0 Å². The van der Waals surface area contributed by atoms with Crippen molar-refractivity contribution in [2.75, 3.05) is 13.1 Å². The number of benzene rings is 1. The summed E-state index contributed by atoms with van der Waals surface area (Å²) < 4.78 is 26.9. The molecule has 1 aromatic carbocycles. The molecular formula is C13H16Cl3NO2S. The molecule has 0 spiro atoms. The first-order valence-electron chi connectivity index (χ1n) is 6.36. The highest BCUT2D eigenvalue weighted by atomic mass is 35.5. The van der Waals surface area contributed by atoms with E-state index in [0.717, 1.165) is 6.42 Å². The summed E-state index contributed by atoms with van der Waals surface area (Å²) in [6.07, 6.45) is 1.03. The first-order valence-corrected chi connectivity index (χ1v) is 8.94. The van der Waals surface area contributed by atoms with Gasteiger partial charge >= 0.3 is 0 Å². The lowest BCUT2D eigenvalue weighted by molar-refractivity contribution is 0.222. The molecule has 0 saturated carbocycles. The molecule has 1 fully saturated rings. The van der Waals surface area contributed by atoms with Crippen molar-refractivity contribution in [1.29, 1.82) is 0 Å². The minimum atomic E-state index is -3.64. The summed E-state index contributed by atoms with van der Waals surface area (Å²) in [4.78, 5) is 0.0230. The molecule has 0 bridgehead atoms. The van der Waals surface area contributed by atoms with Gasteiger partial charge in [0.2, 0.25) is 10.0 Å². The molecule has 1 heterocycles. The van der Waals surface area contributed by atoms with Gasteiger partial charge in [-0.25, -0.2) is 8.42 Å². The maximum absolute atomic E-state index is 12.7. The Labute approximate surface area is 134 Å². The average Bonchev–Trinajstić information content (AvgIpc) is 2.32. The molecule has 2 rings (SSSR count). The molecule has 0 N–H and O–H groups in total. The van der Waals surface area contributed by atoms with Gasteiger partial charge in [0, 0.05) is 13.1 Å². The summed E-state index contributed by atoms with van der Waals surface area (Å²) in [5, 5.41) is 0.536. The van der Waals surface area contributed by atoms with E-state index in [-0.39, 0.29) is 20.0 Å². The number of hydrogen-bond donors (Lipinski definition) is 0. The van der Waals surface area contributed by atoms with Gasteiger partial charge in [-0.2, -0.15) is 4.31 Å². The van der Waals surface area contributed by atoms with Gasteiger partial charge in [-0.1, -0.05) is 48.7 Å². The molecule has 2 atom stereocenters. The fourth-order valence-electron chi connectivity index (χ4n) is 2.64. The van der Waals surface area contributed by atoms with Gasteiger partial charge in [-0.3, -0.25) is 0 Å².